The van der Waals surface area contributed by atoms with E-state index in [4.69, 9.17) is 14.6 Å². The Bertz CT molecular complexity index is 368. The number of methoxy groups -OCH3 is 1. The molecule has 0 radical (unpaired) electrons. The summed E-state index contributed by atoms with van der Waals surface area (Å²) < 4.78 is 10.9. The Kier molecular flexibility index (Phi) is 7.48. The molecule has 1 aromatic rings. The highest BCUT2D eigenvalue weighted by atomic mass is 16.5. The Morgan fingerprint density at radius 3 is 2.53 bits per heavy atom. The van der Waals surface area contributed by atoms with E-state index < -0.39 is 0 Å². The number of aliphatic hydroxyl groups excluding tert-OH is 1. The Hall–Kier alpha value is -1.10. The minimum atomic E-state index is 0.160. The summed E-state index contributed by atoms with van der Waals surface area (Å²) in [5.74, 6) is 0.940. The van der Waals surface area contributed by atoms with Crippen molar-refractivity contribution in [3.05, 3.63) is 29.3 Å². The van der Waals surface area contributed by atoms with Gasteiger partial charge in [0.25, 0.3) is 0 Å². The molecule has 0 amide bonds. The highest BCUT2D eigenvalue weighted by Crippen LogP contribution is 2.18. The molecule has 0 bridgehead atoms. The van der Waals surface area contributed by atoms with E-state index in [0.29, 0.717) is 19.8 Å². The van der Waals surface area contributed by atoms with E-state index in [-0.39, 0.29) is 6.61 Å². The van der Waals surface area contributed by atoms with E-state index in [1.54, 1.807) is 7.11 Å². The molecule has 0 spiro atoms. The van der Waals surface area contributed by atoms with Gasteiger partial charge < -0.3 is 14.6 Å². The molecule has 4 nitrogen and oxygen atoms in total. The first kappa shape index (κ1) is 16.0. The summed E-state index contributed by atoms with van der Waals surface area (Å²) in [7, 11) is 1.68. The normalized spacial score (nSPS) is 11.0. The van der Waals surface area contributed by atoms with Crippen LogP contribution in [-0.4, -0.2) is 56.6 Å². The van der Waals surface area contributed by atoms with Crippen LogP contribution in [0.3, 0.4) is 0 Å². The van der Waals surface area contributed by atoms with Gasteiger partial charge in [-0.2, -0.15) is 0 Å². The third-order valence-corrected chi connectivity index (χ3v) is 3.04. The maximum absolute atomic E-state index is 9.01. The first-order valence-electron chi connectivity index (χ1n) is 6.69. The van der Waals surface area contributed by atoms with Gasteiger partial charge in [0.1, 0.15) is 12.4 Å². The lowest BCUT2D eigenvalue weighted by Gasteiger charge is -2.21. The number of ether oxygens (including phenoxy) is 2. The van der Waals surface area contributed by atoms with E-state index in [1.807, 2.05) is 6.92 Å². The van der Waals surface area contributed by atoms with Crippen molar-refractivity contribution in [3.63, 3.8) is 0 Å². The Labute approximate surface area is 115 Å². The van der Waals surface area contributed by atoms with Gasteiger partial charge in [-0.25, -0.2) is 0 Å². The van der Waals surface area contributed by atoms with E-state index in [1.165, 1.54) is 5.56 Å². The smallest absolute Gasteiger partial charge is 0.122 e. The van der Waals surface area contributed by atoms with Gasteiger partial charge in [0.05, 0.1) is 13.2 Å². The van der Waals surface area contributed by atoms with Crippen LogP contribution in [0.1, 0.15) is 11.1 Å². The summed E-state index contributed by atoms with van der Waals surface area (Å²) >= 11 is 0. The molecule has 0 saturated carbocycles. The van der Waals surface area contributed by atoms with Gasteiger partial charge in [-0.1, -0.05) is 12.1 Å². The van der Waals surface area contributed by atoms with Crippen LogP contribution in [0.4, 0.5) is 0 Å². The predicted octanol–water partition coefficient (Wildman–Crippen LogP) is 1.62. The van der Waals surface area contributed by atoms with Crippen LogP contribution in [0, 0.1) is 13.8 Å². The first-order chi connectivity index (χ1) is 9.17. The zero-order chi connectivity index (χ0) is 14.1. The SMILES string of the molecule is COCCN(CCO)CCOc1cc(C)ccc1C. The van der Waals surface area contributed by atoms with Crippen LogP contribution >= 0.6 is 0 Å². The minimum Gasteiger partial charge on any atom is -0.492 e. The summed E-state index contributed by atoms with van der Waals surface area (Å²) in [5, 5.41) is 9.01. The van der Waals surface area contributed by atoms with Crippen molar-refractivity contribution < 1.29 is 14.6 Å². The summed E-state index contributed by atoms with van der Waals surface area (Å²) in [4.78, 5) is 2.13. The molecule has 0 fully saturated rings. The molecule has 1 N–H and O–H groups in total. The Morgan fingerprint density at radius 1 is 1.11 bits per heavy atom. The van der Waals surface area contributed by atoms with Gasteiger partial charge >= 0.3 is 0 Å². The molecular formula is C15H25NO3. The molecule has 0 saturated heterocycles. The van der Waals surface area contributed by atoms with Crippen LogP contribution in [0.25, 0.3) is 0 Å². The molecule has 1 aromatic carbocycles. The fourth-order valence-corrected chi connectivity index (χ4v) is 1.84. The molecule has 0 aliphatic rings. The van der Waals surface area contributed by atoms with Crippen LogP contribution < -0.4 is 4.74 Å². The zero-order valence-corrected chi connectivity index (χ0v) is 12.2. The Balaban J connectivity index is 2.40. The maximum atomic E-state index is 9.01. The van der Waals surface area contributed by atoms with Gasteiger partial charge in [0.2, 0.25) is 0 Å². The van der Waals surface area contributed by atoms with E-state index in [9.17, 15) is 0 Å². The molecule has 0 aliphatic heterocycles. The van der Waals surface area contributed by atoms with Crippen molar-refractivity contribution in [1.82, 2.24) is 4.90 Å². The van der Waals surface area contributed by atoms with Gasteiger partial charge in [-0.15, -0.1) is 0 Å². The second-order valence-corrected chi connectivity index (χ2v) is 4.68. The van der Waals surface area contributed by atoms with E-state index in [0.717, 1.165) is 24.4 Å². The lowest BCUT2D eigenvalue weighted by atomic mass is 10.1. The fraction of sp³-hybridized carbons (Fsp3) is 0.600. The van der Waals surface area contributed by atoms with E-state index in [2.05, 4.69) is 30.0 Å². The molecule has 108 valence electrons. The fourth-order valence-electron chi connectivity index (χ4n) is 1.84. The molecule has 0 aliphatic carbocycles. The lowest BCUT2D eigenvalue weighted by molar-refractivity contribution is 0.118. The molecule has 4 heteroatoms. The van der Waals surface area contributed by atoms with E-state index >= 15 is 0 Å². The largest absolute Gasteiger partial charge is 0.492 e. The molecule has 0 atom stereocenters. The number of aliphatic hydroxyl groups is 1. The van der Waals surface area contributed by atoms with Crippen LogP contribution in [0.2, 0.25) is 0 Å². The molecule has 19 heavy (non-hydrogen) atoms. The topological polar surface area (TPSA) is 41.9 Å². The van der Waals surface area contributed by atoms with Gasteiger partial charge in [-0.05, 0) is 31.0 Å². The second kappa shape index (κ2) is 8.91. The number of rotatable bonds is 9. The number of hydrogen-bond acceptors (Lipinski definition) is 4. The third-order valence-electron chi connectivity index (χ3n) is 3.04. The summed E-state index contributed by atoms with van der Waals surface area (Å²) in [6.07, 6.45) is 0. The molecule has 0 unspecified atom stereocenters. The van der Waals surface area contributed by atoms with Crippen LogP contribution in [0.15, 0.2) is 18.2 Å². The quantitative estimate of drug-likeness (QED) is 0.738. The highest BCUT2D eigenvalue weighted by Gasteiger charge is 2.05. The van der Waals surface area contributed by atoms with Crippen molar-refractivity contribution in [2.24, 2.45) is 0 Å². The maximum Gasteiger partial charge on any atom is 0.122 e. The molecule has 0 heterocycles. The monoisotopic (exact) mass is 267 g/mol. The van der Waals surface area contributed by atoms with Gasteiger partial charge in [0.15, 0.2) is 0 Å². The summed E-state index contributed by atoms with van der Waals surface area (Å²) in [6, 6.07) is 6.21. The second-order valence-electron chi connectivity index (χ2n) is 4.68. The zero-order valence-electron chi connectivity index (χ0n) is 12.2. The van der Waals surface area contributed by atoms with Crippen molar-refractivity contribution >= 4 is 0 Å². The number of aryl methyl sites for hydroxylation is 2. The van der Waals surface area contributed by atoms with Crippen molar-refractivity contribution in [1.29, 1.82) is 0 Å². The number of hydrogen-bond donors (Lipinski definition) is 1. The van der Waals surface area contributed by atoms with Gasteiger partial charge in [0, 0.05) is 26.7 Å². The Morgan fingerprint density at radius 2 is 1.84 bits per heavy atom. The summed E-state index contributed by atoms with van der Waals surface area (Å²) in [5.41, 5.74) is 2.35. The first-order valence-corrected chi connectivity index (χ1v) is 6.69. The van der Waals surface area contributed by atoms with Crippen molar-refractivity contribution in [3.8, 4) is 5.75 Å². The molecule has 1 rings (SSSR count). The standard InChI is InChI=1S/C15H25NO3/c1-13-4-5-14(2)15(12-13)19-11-8-16(6-9-17)7-10-18-3/h4-5,12,17H,6-11H2,1-3H3. The lowest BCUT2D eigenvalue weighted by Crippen LogP contribution is -2.34. The number of nitrogens with zero attached hydrogens (tertiary/aromatic N) is 1. The molecular weight excluding hydrogens is 242 g/mol. The highest BCUT2D eigenvalue weighted by molar-refractivity contribution is 5.35. The van der Waals surface area contributed by atoms with Crippen molar-refractivity contribution in [2.75, 3.05) is 46.6 Å². The van der Waals surface area contributed by atoms with Crippen LogP contribution in [-0.2, 0) is 4.74 Å². The minimum absolute atomic E-state index is 0.160. The van der Waals surface area contributed by atoms with Gasteiger partial charge in [-0.3, -0.25) is 4.90 Å². The molecule has 0 aromatic heterocycles. The average Bonchev–Trinajstić information content (AvgIpc) is 2.40. The van der Waals surface area contributed by atoms with Crippen molar-refractivity contribution in [2.45, 2.75) is 13.8 Å². The summed E-state index contributed by atoms with van der Waals surface area (Å²) in [6.45, 7) is 7.81. The average molecular weight is 267 g/mol. The number of benzene rings is 1. The third kappa shape index (κ3) is 6.05. The predicted molar refractivity (Wildman–Crippen MR) is 76.8 cm³/mol. The van der Waals surface area contributed by atoms with Crippen LogP contribution in [0.5, 0.6) is 5.75 Å².